The van der Waals surface area contributed by atoms with Crippen LogP contribution >= 0.6 is 30.9 Å². The van der Waals surface area contributed by atoms with Gasteiger partial charge in [0.15, 0.2) is 0 Å². The Hall–Kier alpha value is 1.12. The van der Waals surface area contributed by atoms with E-state index in [1.54, 1.807) is 0 Å². The predicted molar refractivity (Wildman–Crippen MR) is 38.0 cm³/mol. The molecule has 0 aromatic rings. The molecule has 3 atom stereocenters. The van der Waals surface area contributed by atoms with Crippen molar-refractivity contribution in [3.05, 3.63) is 0 Å². The molecule has 0 aliphatic carbocycles. The Morgan fingerprint density at radius 2 is 3.67 bits per heavy atom. The second-order valence-corrected chi connectivity index (χ2v) is 2.60. The second-order valence-electron chi connectivity index (χ2n) is 0.439. The van der Waals surface area contributed by atoms with Crippen molar-refractivity contribution in [2.45, 2.75) is 0 Å². The van der Waals surface area contributed by atoms with Crippen LogP contribution in [-0.2, 0) is 0 Å². The van der Waals surface area contributed by atoms with Gasteiger partial charge in [0.05, 0.1) is 0 Å². The zero-order chi connectivity index (χ0) is 7.28. The summed E-state index contributed by atoms with van der Waals surface area (Å²) in [7, 11) is -0.187. The first-order chi connectivity index (χ1) is 4.22. The summed E-state index contributed by atoms with van der Waals surface area (Å²) in [5.74, 6) is 0. The molecule has 0 spiro atoms. The van der Waals surface area contributed by atoms with Gasteiger partial charge in [-0.3, -0.25) is 0 Å². The number of hydrogen-bond acceptors (Lipinski definition) is 1. The van der Waals surface area contributed by atoms with E-state index in [2.05, 4.69) is 0 Å². The van der Waals surface area contributed by atoms with Crippen LogP contribution in [0.2, 0.25) is 0 Å². The topological polar surface area (TPSA) is 0 Å². The quantitative estimate of drug-likeness (QED) is 0.358. The van der Waals surface area contributed by atoms with Gasteiger partial charge in [-0.1, -0.05) is 0 Å². The number of rotatable bonds is 3. The molecule has 0 aromatic carbocycles. The van der Waals surface area contributed by atoms with E-state index < -0.39 is 16.2 Å². The first-order valence-electron chi connectivity index (χ1n) is 2.62. The van der Waals surface area contributed by atoms with Crippen molar-refractivity contribution in [1.29, 1.82) is 2.40 Å². The molecule has 0 bridgehead atoms. The minimum absolute atomic E-state index is 0.187. The third-order valence-corrected chi connectivity index (χ3v) is 1.95. The van der Waals surface area contributed by atoms with Crippen molar-refractivity contribution < 1.29 is 5.69 Å². The summed E-state index contributed by atoms with van der Waals surface area (Å²) in [5, 5.41) is -0.814. The molecular weight excluding hydrogens is 137 g/mol. The molecule has 0 saturated carbocycles. The third kappa shape index (κ3) is 5.12. The van der Waals surface area contributed by atoms with Gasteiger partial charge >= 0.3 is 50.4 Å². The van der Waals surface area contributed by atoms with Crippen molar-refractivity contribution in [2.24, 2.45) is 0 Å². The van der Waals surface area contributed by atoms with E-state index in [0.29, 0.717) is 0 Å². The van der Waals surface area contributed by atoms with E-state index in [1.807, 2.05) is 0 Å². The molecule has 0 rings (SSSR count). The van der Waals surface area contributed by atoms with Gasteiger partial charge in [-0.15, -0.1) is 0 Å². The van der Waals surface area contributed by atoms with E-state index in [9.17, 15) is 4.32 Å². The van der Waals surface area contributed by atoms with Gasteiger partial charge in [-0.2, -0.15) is 0 Å². The van der Waals surface area contributed by atoms with Crippen molar-refractivity contribution in [3.63, 3.8) is 0 Å². The molecule has 0 fully saturated rings. The fraction of sp³-hybridized carbons (Fsp3) is 1.00. The summed E-state index contributed by atoms with van der Waals surface area (Å²) in [6.45, 7) is 0. The van der Waals surface area contributed by atoms with Crippen LogP contribution in [0.1, 0.15) is 1.37 Å². The average molecular weight is 147 g/mol. The zero-order valence-electron chi connectivity index (χ0n) is 5.85. The van der Waals surface area contributed by atoms with Gasteiger partial charge in [-0.25, -0.2) is 0 Å². The van der Waals surface area contributed by atoms with Crippen LogP contribution in [0.15, 0.2) is 0 Å². The summed E-state index contributed by atoms with van der Waals surface area (Å²) < 4.78 is 31.9. The molecule has 0 amide bonds. The average Bonchev–Trinajstić information content (AvgIpc) is 1.87. The monoisotopic (exact) mass is 147 g/mol. The molecule has 36 valence electrons. The fourth-order valence-electron chi connectivity index (χ4n) is 0.0488. The van der Waals surface area contributed by atoms with E-state index in [4.69, 9.17) is 3.77 Å². The minimum atomic E-state index is -1.35. The number of thiol groups is 1. The Labute approximate surface area is 51.1 Å². The Balaban J connectivity index is 3.59. The summed E-state index contributed by atoms with van der Waals surface area (Å²) in [5.41, 5.74) is 0. The summed E-state index contributed by atoms with van der Waals surface area (Å²) in [4.78, 5) is 0. The van der Waals surface area contributed by atoms with Crippen LogP contribution in [-0.4, -0.2) is 13.9 Å². The van der Waals surface area contributed by atoms with E-state index >= 15 is 0 Å². The zero-order valence-corrected chi connectivity index (χ0v) is 5.48. The number of hydrogen-bond donors (Lipinski definition) is 1. The Morgan fingerprint density at radius 1 is 2.83 bits per heavy atom. The SMILES string of the molecule is [2H]C(SP[3H])/S([3H])=B/F. The molecule has 0 N–H and O–H groups in total. The standard InChI is InChI=1S/CH5BFPS2/c3-2-5-1-6-4/h5H,1,4H2/i1D,4T,5T. The summed E-state index contributed by atoms with van der Waals surface area (Å²) in [6.07, 6.45) is 0.199. The first-order valence-corrected chi connectivity index (χ1v) is 4.18. The van der Waals surface area contributed by atoms with Gasteiger partial charge in [0.2, 0.25) is 0 Å². The summed E-state index contributed by atoms with van der Waals surface area (Å²) in [6, 6.07) is 0. The molecule has 5 heteroatoms. The van der Waals surface area contributed by atoms with Crippen molar-refractivity contribution in [3.8, 4) is 0 Å². The van der Waals surface area contributed by atoms with Crippen LogP contribution in [0.4, 0.5) is 4.32 Å². The maximum absolute atomic E-state index is 11.5. The van der Waals surface area contributed by atoms with Crippen LogP contribution < -0.4 is 0 Å². The molecule has 0 radical (unpaired) electrons. The molecule has 6 heavy (non-hydrogen) atoms. The normalized spacial score (nSPS) is 27.8. The van der Waals surface area contributed by atoms with E-state index in [0.717, 1.165) is 11.4 Å². The molecule has 0 heterocycles. The molecular formula is CH5BFPS2. The Morgan fingerprint density at radius 3 is 4.17 bits per heavy atom. The molecule has 0 aliphatic heterocycles. The van der Waals surface area contributed by atoms with Gasteiger partial charge < -0.3 is 0 Å². The molecule has 3 unspecified atom stereocenters. The van der Waals surface area contributed by atoms with E-state index in [-0.39, 0.29) is 14.8 Å². The van der Waals surface area contributed by atoms with Gasteiger partial charge in [0.25, 0.3) is 0 Å². The molecule has 0 nitrogen and oxygen atoms in total. The Kier molecular flexibility index (Phi) is 3.28. The van der Waals surface area contributed by atoms with Crippen LogP contribution in [0, 0.1) is 0 Å². The predicted octanol–water partition coefficient (Wildman–Crippen LogP) is 1.44. The van der Waals surface area contributed by atoms with Crippen LogP contribution in [0.5, 0.6) is 0 Å². The van der Waals surface area contributed by atoms with Crippen LogP contribution in [0.3, 0.4) is 0 Å². The maximum atomic E-state index is 11.5. The molecule has 0 aliphatic rings. The second kappa shape index (κ2) is 6.12. The number of halogens is 1. The van der Waals surface area contributed by atoms with Crippen LogP contribution in [0.25, 0.3) is 0 Å². The third-order valence-electron chi connectivity index (χ3n) is 0.155. The summed E-state index contributed by atoms with van der Waals surface area (Å²) >= 11 is -0.368. The van der Waals surface area contributed by atoms with Gasteiger partial charge in [0.1, 0.15) is 0 Å². The van der Waals surface area contributed by atoms with Crippen molar-refractivity contribution >= 4 is 37.3 Å². The van der Waals surface area contributed by atoms with Crippen molar-refractivity contribution in [2.75, 3.05) is 5.06 Å². The molecule has 0 aromatic heterocycles. The van der Waals surface area contributed by atoms with E-state index in [1.165, 1.54) is 0 Å². The van der Waals surface area contributed by atoms with Crippen molar-refractivity contribution in [1.82, 2.24) is 0 Å². The van der Waals surface area contributed by atoms with Gasteiger partial charge in [0, 0.05) is 0 Å². The molecule has 0 saturated heterocycles. The Bertz CT molecular complexity index is 112. The van der Waals surface area contributed by atoms with Gasteiger partial charge in [-0.05, 0) is 0 Å². The first kappa shape index (κ1) is 3.21. The fourth-order valence-corrected chi connectivity index (χ4v) is 0.939.